The number of nitrogens with two attached hydrogens (primary N) is 1. The first-order valence-electron chi connectivity index (χ1n) is 6.05. The number of hydrogen-bond donors (Lipinski definition) is 1. The summed E-state index contributed by atoms with van der Waals surface area (Å²) < 4.78 is 58.5. The van der Waals surface area contributed by atoms with Gasteiger partial charge in [-0.05, 0) is 13.8 Å². The van der Waals surface area contributed by atoms with E-state index in [4.69, 9.17) is 24.7 Å². The summed E-state index contributed by atoms with van der Waals surface area (Å²) in [5, 5.41) is 0. The van der Waals surface area contributed by atoms with Crippen LogP contribution in [0.5, 0.6) is 0 Å². The Bertz CT molecular complexity index is 452. The highest BCUT2D eigenvalue weighted by Crippen LogP contribution is 2.40. The van der Waals surface area contributed by atoms with Crippen LogP contribution < -0.4 is 5.73 Å². The monoisotopic (exact) mass is 312 g/mol. The molecule has 0 aromatic heterocycles. The van der Waals surface area contributed by atoms with Crippen LogP contribution in [0.3, 0.4) is 0 Å². The number of ether oxygens (including phenoxy) is 4. The fourth-order valence-corrected chi connectivity index (χ4v) is 2.95. The summed E-state index contributed by atoms with van der Waals surface area (Å²) in [6.45, 7) is 3.19. The molecule has 118 valence electrons. The number of rotatable bonds is 5. The second kappa shape index (κ2) is 5.46. The zero-order chi connectivity index (χ0) is 15.1. The standard InChI is InChI=1S/C10H19NO8S/c1-10(2)17-7-6(5(4-11)19-20(12,13)14)16-9(15-3)8(7)18-10/h5-9H,4,11H2,1-3H3,(H,12,13,14)/p-1/t5-,6-,7+,8+,9+/m1/s1. The van der Waals surface area contributed by atoms with Crippen LogP contribution in [0, 0.1) is 0 Å². The van der Waals surface area contributed by atoms with E-state index in [9.17, 15) is 13.0 Å². The fourth-order valence-electron chi connectivity index (χ4n) is 2.46. The molecule has 5 atom stereocenters. The minimum absolute atomic E-state index is 0.227. The Labute approximate surface area is 117 Å². The molecule has 0 aromatic carbocycles. The summed E-state index contributed by atoms with van der Waals surface area (Å²) in [7, 11) is -3.48. The third kappa shape index (κ3) is 3.28. The minimum atomic E-state index is -4.90. The Morgan fingerprint density at radius 2 is 1.95 bits per heavy atom. The summed E-state index contributed by atoms with van der Waals surface area (Å²) in [6.07, 6.45) is -3.97. The van der Waals surface area contributed by atoms with Gasteiger partial charge in [-0.15, -0.1) is 0 Å². The van der Waals surface area contributed by atoms with Gasteiger partial charge in [0.1, 0.15) is 24.4 Å². The molecule has 0 aromatic rings. The van der Waals surface area contributed by atoms with Crippen molar-refractivity contribution < 1.29 is 36.1 Å². The third-order valence-corrected chi connectivity index (χ3v) is 3.60. The molecule has 10 heteroatoms. The van der Waals surface area contributed by atoms with Gasteiger partial charge in [-0.1, -0.05) is 0 Å². The van der Waals surface area contributed by atoms with Crippen molar-refractivity contribution in [2.24, 2.45) is 5.73 Å². The Hall–Kier alpha value is -0.330. The molecule has 9 nitrogen and oxygen atoms in total. The summed E-state index contributed by atoms with van der Waals surface area (Å²) in [4.78, 5) is 0. The summed E-state index contributed by atoms with van der Waals surface area (Å²) in [5.41, 5.74) is 5.45. The van der Waals surface area contributed by atoms with Gasteiger partial charge in [-0.3, -0.25) is 4.18 Å². The first-order chi connectivity index (χ1) is 9.17. The van der Waals surface area contributed by atoms with E-state index >= 15 is 0 Å². The van der Waals surface area contributed by atoms with Crippen molar-refractivity contribution in [3.05, 3.63) is 0 Å². The lowest BCUT2D eigenvalue weighted by molar-refractivity contribution is -0.234. The SMILES string of the molecule is CO[C@H]1O[C@H]([C@@H](CN)OS(=O)(=O)[O-])[C@@H]2OC(C)(C)O[C@H]12. The van der Waals surface area contributed by atoms with Crippen molar-refractivity contribution in [3.8, 4) is 0 Å². The maximum Gasteiger partial charge on any atom is 0.218 e. The topological polar surface area (TPSA) is 129 Å². The number of methoxy groups -OCH3 is 1. The second-order valence-electron chi connectivity index (χ2n) is 5.05. The van der Waals surface area contributed by atoms with Crippen molar-refractivity contribution in [1.29, 1.82) is 0 Å². The van der Waals surface area contributed by atoms with Gasteiger partial charge in [0, 0.05) is 13.7 Å². The van der Waals surface area contributed by atoms with E-state index in [0.29, 0.717) is 0 Å². The van der Waals surface area contributed by atoms with E-state index < -0.39 is 46.9 Å². The van der Waals surface area contributed by atoms with Gasteiger partial charge in [0.15, 0.2) is 12.1 Å². The molecular formula is C10H18NO8S-. The molecule has 2 aliphatic rings. The van der Waals surface area contributed by atoms with Crippen molar-refractivity contribution in [2.45, 2.75) is 50.3 Å². The van der Waals surface area contributed by atoms with Gasteiger partial charge in [0.2, 0.25) is 10.4 Å². The van der Waals surface area contributed by atoms with Crippen molar-refractivity contribution in [2.75, 3.05) is 13.7 Å². The Kier molecular flexibility index (Phi) is 4.38. The zero-order valence-electron chi connectivity index (χ0n) is 11.3. The van der Waals surface area contributed by atoms with Crippen LogP contribution in [0.1, 0.15) is 13.8 Å². The molecular weight excluding hydrogens is 294 g/mol. The molecule has 2 N–H and O–H groups in total. The maximum absolute atomic E-state index is 10.7. The van der Waals surface area contributed by atoms with Gasteiger partial charge < -0.3 is 29.2 Å². The quantitative estimate of drug-likeness (QED) is 0.485. The van der Waals surface area contributed by atoms with Crippen molar-refractivity contribution >= 4 is 10.4 Å². The first-order valence-corrected chi connectivity index (χ1v) is 7.38. The van der Waals surface area contributed by atoms with E-state index in [-0.39, 0.29) is 6.54 Å². The molecule has 2 saturated heterocycles. The number of hydrogen-bond acceptors (Lipinski definition) is 9. The summed E-state index contributed by atoms with van der Waals surface area (Å²) >= 11 is 0. The lowest BCUT2D eigenvalue weighted by atomic mass is 10.1. The van der Waals surface area contributed by atoms with Crippen LogP contribution in [-0.4, -0.2) is 63.1 Å². The van der Waals surface area contributed by atoms with E-state index in [0.717, 1.165) is 0 Å². The lowest BCUT2D eigenvalue weighted by Crippen LogP contribution is -2.45. The van der Waals surface area contributed by atoms with Gasteiger partial charge >= 0.3 is 0 Å². The molecule has 20 heavy (non-hydrogen) atoms. The van der Waals surface area contributed by atoms with Gasteiger partial charge in [0.25, 0.3) is 0 Å². The highest BCUT2D eigenvalue weighted by molar-refractivity contribution is 7.80. The Balaban J connectivity index is 2.19. The second-order valence-corrected chi connectivity index (χ2v) is 6.06. The van der Waals surface area contributed by atoms with Crippen LogP contribution in [0.4, 0.5) is 0 Å². The first kappa shape index (κ1) is 16.0. The average molecular weight is 312 g/mol. The summed E-state index contributed by atoms with van der Waals surface area (Å²) in [5.74, 6) is -0.871. The van der Waals surface area contributed by atoms with Crippen molar-refractivity contribution in [1.82, 2.24) is 0 Å². The molecule has 0 saturated carbocycles. The molecule has 0 unspecified atom stereocenters. The van der Waals surface area contributed by atoms with Crippen LogP contribution in [0.15, 0.2) is 0 Å². The lowest BCUT2D eigenvalue weighted by Gasteiger charge is -2.28. The van der Waals surface area contributed by atoms with E-state index in [1.54, 1.807) is 13.8 Å². The highest BCUT2D eigenvalue weighted by atomic mass is 32.3. The molecule has 0 spiro atoms. The Morgan fingerprint density at radius 3 is 2.45 bits per heavy atom. The van der Waals surface area contributed by atoms with E-state index in [1.165, 1.54) is 7.11 Å². The van der Waals surface area contributed by atoms with Gasteiger partial charge in [-0.25, -0.2) is 8.42 Å². The smallest absolute Gasteiger partial charge is 0.218 e. The molecule has 0 bridgehead atoms. The largest absolute Gasteiger partial charge is 0.726 e. The van der Waals surface area contributed by atoms with Crippen LogP contribution in [0.2, 0.25) is 0 Å². The highest BCUT2D eigenvalue weighted by Gasteiger charge is 2.57. The summed E-state index contributed by atoms with van der Waals surface area (Å²) in [6, 6.07) is 0. The number of fused-ring (bicyclic) bond motifs is 1. The zero-order valence-corrected chi connectivity index (χ0v) is 12.2. The van der Waals surface area contributed by atoms with Gasteiger partial charge in [-0.2, -0.15) is 0 Å². The average Bonchev–Trinajstić information content (AvgIpc) is 2.78. The maximum atomic E-state index is 10.7. The molecule has 2 heterocycles. The predicted molar refractivity (Wildman–Crippen MR) is 63.1 cm³/mol. The molecule has 2 rings (SSSR count). The van der Waals surface area contributed by atoms with Crippen molar-refractivity contribution in [3.63, 3.8) is 0 Å². The fraction of sp³-hybridized carbons (Fsp3) is 1.00. The predicted octanol–water partition coefficient (Wildman–Crippen LogP) is -1.32. The molecule has 2 aliphatic heterocycles. The molecule has 0 aliphatic carbocycles. The van der Waals surface area contributed by atoms with E-state index in [2.05, 4.69) is 4.18 Å². The minimum Gasteiger partial charge on any atom is -0.726 e. The molecule has 0 radical (unpaired) electrons. The van der Waals surface area contributed by atoms with E-state index in [1.807, 2.05) is 0 Å². The van der Waals surface area contributed by atoms with Gasteiger partial charge in [0.05, 0.1) is 0 Å². The van der Waals surface area contributed by atoms with Crippen LogP contribution in [-0.2, 0) is 33.5 Å². The third-order valence-electron chi connectivity index (χ3n) is 3.12. The van der Waals surface area contributed by atoms with Crippen LogP contribution >= 0.6 is 0 Å². The normalized spacial score (nSPS) is 37.9. The van der Waals surface area contributed by atoms with Crippen LogP contribution in [0.25, 0.3) is 0 Å². The molecule has 0 amide bonds. The Morgan fingerprint density at radius 1 is 1.35 bits per heavy atom. The molecule has 2 fully saturated rings.